The van der Waals surface area contributed by atoms with Crippen molar-refractivity contribution in [2.24, 2.45) is 11.7 Å². The first-order chi connectivity index (χ1) is 9.50. The molecule has 0 bridgehead atoms. The van der Waals surface area contributed by atoms with Gasteiger partial charge in [0.25, 0.3) is 0 Å². The molecule has 1 saturated heterocycles. The maximum Gasteiger partial charge on any atom is 0.349 e. The number of methoxy groups -OCH3 is 1. The number of hydrogen-bond donors (Lipinski definition) is 1. The van der Waals surface area contributed by atoms with E-state index in [-0.39, 0.29) is 15.7 Å². The van der Waals surface area contributed by atoms with Gasteiger partial charge in [0.15, 0.2) is 0 Å². The first-order valence-corrected chi connectivity index (χ1v) is 8.68. The van der Waals surface area contributed by atoms with E-state index in [1.54, 1.807) is 5.38 Å². The first-order valence-electron chi connectivity index (χ1n) is 6.36. The number of hydrogen-bond acceptors (Lipinski definition) is 6. The van der Waals surface area contributed by atoms with Gasteiger partial charge < -0.3 is 10.5 Å². The van der Waals surface area contributed by atoms with Crippen LogP contribution in [0.15, 0.2) is 16.3 Å². The summed E-state index contributed by atoms with van der Waals surface area (Å²) in [5.74, 6) is -0.440. The minimum absolute atomic E-state index is 0.0343. The normalized spacial score (nSPS) is 20.8. The van der Waals surface area contributed by atoms with Gasteiger partial charge >= 0.3 is 5.97 Å². The fourth-order valence-corrected chi connectivity index (χ4v) is 5.18. The summed E-state index contributed by atoms with van der Waals surface area (Å²) in [5.41, 5.74) is 5.63. The molecule has 1 aliphatic heterocycles. The zero-order valence-corrected chi connectivity index (χ0v) is 12.9. The lowest BCUT2D eigenvalue weighted by atomic mass is 10.0. The molecule has 0 amide bonds. The third-order valence-corrected chi connectivity index (χ3v) is 6.36. The van der Waals surface area contributed by atoms with Gasteiger partial charge in [-0.2, -0.15) is 4.31 Å². The molecule has 1 aromatic rings. The van der Waals surface area contributed by atoms with Crippen molar-refractivity contribution < 1.29 is 17.9 Å². The summed E-state index contributed by atoms with van der Waals surface area (Å²) in [6.07, 6.45) is 1.73. The van der Waals surface area contributed by atoms with E-state index in [2.05, 4.69) is 4.74 Å². The molecule has 0 aromatic carbocycles. The average molecular weight is 318 g/mol. The van der Waals surface area contributed by atoms with Gasteiger partial charge in [-0.1, -0.05) is 0 Å². The fourth-order valence-electron chi connectivity index (χ4n) is 2.32. The SMILES string of the molecule is COC(=O)c1sccc1S(=O)(=O)N1CCCC(CN)C1. The number of nitrogens with zero attached hydrogens (tertiary/aromatic N) is 1. The van der Waals surface area contributed by atoms with Gasteiger partial charge in [0, 0.05) is 13.1 Å². The highest BCUT2D eigenvalue weighted by molar-refractivity contribution is 7.89. The molecule has 1 aromatic heterocycles. The quantitative estimate of drug-likeness (QED) is 0.833. The predicted molar refractivity (Wildman–Crippen MR) is 76.2 cm³/mol. The highest BCUT2D eigenvalue weighted by atomic mass is 32.2. The van der Waals surface area contributed by atoms with Gasteiger partial charge in [0.1, 0.15) is 9.77 Å². The van der Waals surface area contributed by atoms with Crippen molar-refractivity contribution in [2.45, 2.75) is 17.7 Å². The molecule has 8 heteroatoms. The molecule has 2 rings (SSSR count). The van der Waals surface area contributed by atoms with Crippen LogP contribution in [0, 0.1) is 5.92 Å². The van der Waals surface area contributed by atoms with Gasteiger partial charge in [0.2, 0.25) is 10.0 Å². The van der Waals surface area contributed by atoms with Gasteiger partial charge in [-0.05, 0) is 36.8 Å². The number of carbonyl (C=O) groups is 1. The molecule has 1 fully saturated rings. The summed E-state index contributed by atoms with van der Waals surface area (Å²) in [6.45, 7) is 1.35. The zero-order valence-electron chi connectivity index (χ0n) is 11.2. The lowest BCUT2D eigenvalue weighted by molar-refractivity contribution is 0.0602. The summed E-state index contributed by atoms with van der Waals surface area (Å²) in [4.78, 5) is 11.8. The van der Waals surface area contributed by atoms with Crippen molar-refractivity contribution in [3.8, 4) is 0 Å². The molecule has 112 valence electrons. The molecular weight excluding hydrogens is 300 g/mol. The number of rotatable bonds is 4. The Morgan fingerprint density at radius 2 is 2.35 bits per heavy atom. The van der Waals surface area contributed by atoms with E-state index in [0.717, 1.165) is 24.2 Å². The van der Waals surface area contributed by atoms with Gasteiger partial charge in [-0.15, -0.1) is 11.3 Å². The third kappa shape index (κ3) is 2.88. The van der Waals surface area contributed by atoms with E-state index in [1.165, 1.54) is 17.5 Å². The highest BCUT2D eigenvalue weighted by Crippen LogP contribution is 2.28. The van der Waals surface area contributed by atoms with Crippen LogP contribution in [0.4, 0.5) is 0 Å². The molecule has 0 radical (unpaired) electrons. The van der Waals surface area contributed by atoms with Crippen LogP contribution in [-0.2, 0) is 14.8 Å². The molecule has 1 unspecified atom stereocenters. The van der Waals surface area contributed by atoms with Crippen molar-refractivity contribution in [1.29, 1.82) is 0 Å². The van der Waals surface area contributed by atoms with E-state index in [1.807, 2.05) is 0 Å². The number of carbonyl (C=O) groups excluding carboxylic acids is 1. The Hall–Kier alpha value is -0.960. The second-order valence-electron chi connectivity index (χ2n) is 4.71. The first kappa shape index (κ1) is 15.4. The molecule has 2 heterocycles. The second-order valence-corrected chi connectivity index (χ2v) is 7.54. The van der Waals surface area contributed by atoms with Gasteiger partial charge in [-0.25, -0.2) is 13.2 Å². The molecule has 1 atom stereocenters. The molecule has 0 spiro atoms. The van der Waals surface area contributed by atoms with Crippen molar-refractivity contribution in [3.05, 3.63) is 16.3 Å². The number of thiophene rings is 1. The van der Waals surface area contributed by atoms with Gasteiger partial charge in [-0.3, -0.25) is 0 Å². The average Bonchev–Trinajstić information content (AvgIpc) is 2.96. The number of esters is 1. The van der Waals surface area contributed by atoms with Crippen LogP contribution in [-0.4, -0.2) is 45.4 Å². The summed E-state index contributed by atoms with van der Waals surface area (Å²) in [6, 6.07) is 1.46. The van der Waals surface area contributed by atoms with E-state index >= 15 is 0 Å². The number of nitrogens with two attached hydrogens (primary N) is 1. The van der Waals surface area contributed by atoms with Crippen LogP contribution in [0.2, 0.25) is 0 Å². The van der Waals surface area contributed by atoms with Crippen molar-refractivity contribution >= 4 is 27.3 Å². The lowest BCUT2D eigenvalue weighted by Crippen LogP contribution is -2.42. The Morgan fingerprint density at radius 3 is 3.00 bits per heavy atom. The lowest BCUT2D eigenvalue weighted by Gasteiger charge is -2.31. The molecule has 0 aliphatic carbocycles. The van der Waals surface area contributed by atoms with Crippen LogP contribution in [0.3, 0.4) is 0 Å². The Morgan fingerprint density at radius 1 is 1.60 bits per heavy atom. The number of ether oxygens (including phenoxy) is 1. The van der Waals surface area contributed by atoms with Crippen LogP contribution < -0.4 is 5.73 Å². The standard InChI is InChI=1S/C12H18N2O4S2/c1-18-12(15)11-10(4-6-19-11)20(16,17)14-5-2-3-9(7-13)8-14/h4,6,9H,2-3,5,7-8,13H2,1H3. The third-order valence-electron chi connectivity index (χ3n) is 3.43. The minimum atomic E-state index is -3.66. The Bertz CT molecular complexity index is 582. The molecule has 6 nitrogen and oxygen atoms in total. The molecular formula is C12H18N2O4S2. The number of piperidine rings is 1. The fraction of sp³-hybridized carbons (Fsp3) is 0.583. The van der Waals surface area contributed by atoms with Crippen LogP contribution >= 0.6 is 11.3 Å². The summed E-state index contributed by atoms with van der Waals surface area (Å²) >= 11 is 1.07. The summed E-state index contributed by atoms with van der Waals surface area (Å²) in [7, 11) is -2.42. The van der Waals surface area contributed by atoms with Crippen molar-refractivity contribution in [3.63, 3.8) is 0 Å². The predicted octanol–water partition coefficient (Wildman–Crippen LogP) is 0.894. The second kappa shape index (κ2) is 6.21. The Labute approximate surface area is 122 Å². The molecule has 1 aliphatic rings. The smallest absolute Gasteiger partial charge is 0.349 e. The maximum absolute atomic E-state index is 12.6. The van der Waals surface area contributed by atoms with E-state index in [4.69, 9.17) is 5.73 Å². The molecule has 20 heavy (non-hydrogen) atoms. The van der Waals surface area contributed by atoms with Crippen LogP contribution in [0.25, 0.3) is 0 Å². The largest absolute Gasteiger partial charge is 0.465 e. The number of sulfonamides is 1. The Balaban J connectivity index is 2.31. The van der Waals surface area contributed by atoms with E-state index in [0.29, 0.717) is 19.6 Å². The molecule has 0 saturated carbocycles. The van der Waals surface area contributed by atoms with E-state index in [9.17, 15) is 13.2 Å². The monoisotopic (exact) mass is 318 g/mol. The van der Waals surface area contributed by atoms with Gasteiger partial charge in [0.05, 0.1) is 7.11 Å². The summed E-state index contributed by atoms with van der Waals surface area (Å²) < 4.78 is 31.3. The summed E-state index contributed by atoms with van der Waals surface area (Å²) in [5, 5.41) is 1.59. The Kier molecular flexibility index (Phi) is 4.79. The topological polar surface area (TPSA) is 89.7 Å². The van der Waals surface area contributed by atoms with Crippen molar-refractivity contribution in [2.75, 3.05) is 26.7 Å². The van der Waals surface area contributed by atoms with Crippen LogP contribution in [0.5, 0.6) is 0 Å². The molecule has 2 N–H and O–H groups in total. The van der Waals surface area contributed by atoms with E-state index < -0.39 is 16.0 Å². The van der Waals surface area contributed by atoms with Crippen LogP contribution in [0.1, 0.15) is 22.5 Å². The zero-order chi connectivity index (χ0) is 14.8. The maximum atomic E-state index is 12.6. The van der Waals surface area contributed by atoms with Crippen molar-refractivity contribution in [1.82, 2.24) is 4.31 Å². The minimum Gasteiger partial charge on any atom is -0.465 e. The highest BCUT2D eigenvalue weighted by Gasteiger charge is 2.33.